The number of benzene rings is 2. The van der Waals surface area contributed by atoms with Crippen LogP contribution in [0.15, 0.2) is 46.9 Å². The van der Waals surface area contributed by atoms with Crippen molar-refractivity contribution in [1.82, 2.24) is 10.2 Å². The zero-order valence-electron chi connectivity index (χ0n) is 21.5. The van der Waals surface area contributed by atoms with Crippen LogP contribution in [-0.2, 0) is 11.3 Å². The summed E-state index contributed by atoms with van der Waals surface area (Å²) in [5.41, 5.74) is 0.707. The van der Waals surface area contributed by atoms with Crippen molar-refractivity contribution in [2.45, 2.75) is 58.7 Å². The molecule has 1 N–H and O–H groups in total. The van der Waals surface area contributed by atoms with Crippen LogP contribution in [0, 0.1) is 6.92 Å². The topological polar surface area (TPSA) is 90.2 Å². The zero-order chi connectivity index (χ0) is 27.7. The van der Waals surface area contributed by atoms with Crippen molar-refractivity contribution < 1.29 is 41.4 Å². The van der Waals surface area contributed by atoms with Crippen LogP contribution in [0.2, 0.25) is 0 Å². The smallest absolute Gasteiger partial charge is 0.489 e. The van der Waals surface area contributed by atoms with E-state index in [4.69, 9.17) is 13.9 Å². The molecule has 3 aromatic rings. The Labute approximate surface area is 217 Å². The molecule has 1 fully saturated rings. The van der Waals surface area contributed by atoms with Gasteiger partial charge in [-0.25, -0.2) is 4.79 Å². The highest BCUT2D eigenvalue weighted by Crippen LogP contribution is 2.30. The number of nitrogens with one attached hydrogen (secondary N) is 1. The van der Waals surface area contributed by atoms with E-state index < -0.39 is 18.1 Å². The fourth-order valence-corrected chi connectivity index (χ4v) is 4.20. The molecule has 4 rings (SSSR count). The van der Waals surface area contributed by atoms with Gasteiger partial charge in [-0.15, -0.1) is 13.2 Å². The average molecular weight is 535 g/mol. The first-order chi connectivity index (χ1) is 17.8. The van der Waals surface area contributed by atoms with E-state index in [2.05, 4.69) is 10.1 Å². The molecule has 0 saturated carbocycles. The van der Waals surface area contributed by atoms with E-state index in [1.807, 2.05) is 0 Å². The number of hydrogen-bond acceptors (Lipinski definition) is 6. The predicted octanol–water partition coefficient (Wildman–Crippen LogP) is 5.96. The van der Waals surface area contributed by atoms with Crippen molar-refractivity contribution in [2.75, 3.05) is 13.1 Å². The molecule has 1 aliphatic heterocycles. The average Bonchev–Trinajstić information content (AvgIpc) is 3.39. The number of aryl methyl sites for hydroxylation is 1. The minimum atomic E-state index is -4.78. The van der Waals surface area contributed by atoms with Crippen molar-refractivity contribution in [3.8, 4) is 11.5 Å². The van der Waals surface area contributed by atoms with E-state index in [1.54, 1.807) is 56.9 Å². The van der Waals surface area contributed by atoms with Gasteiger partial charge >= 0.3 is 12.5 Å². The number of amides is 2. The van der Waals surface area contributed by atoms with E-state index in [0.29, 0.717) is 53.1 Å². The van der Waals surface area contributed by atoms with Gasteiger partial charge in [-0.05, 0) is 70.0 Å². The molecule has 0 aliphatic carbocycles. The fourth-order valence-electron chi connectivity index (χ4n) is 4.20. The van der Waals surface area contributed by atoms with Crippen molar-refractivity contribution in [3.05, 3.63) is 59.4 Å². The van der Waals surface area contributed by atoms with E-state index >= 15 is 0 Å². The third kappa shape index (κ3) is 6.90. The summed E-state index contributed by atoms with van der Waals surface area (Å²) in [7, 11) is 0. The molecule has 2 heterocycles. The Bertz CT molecular complexity index is 1330. The van der Waals surface area contributed by atoms with Crippen LogP contribution in [0.1, 0.15) is 48.9 Å². The Balaban J connectivity index is 1.43. The van der Waals surface area contributed by atoms with Gasteiger partial charge in [-0.3, -0.25) is 4.79 Å². The molecular weight excluding hydrogens is 505 g/mol. The van der Waals surface area contributed by atoms with Crippen molar-refractivity contribution in [1.29, 1.82) is 0 Å². The number of carbonyl (C=O) groups is 2. The molecule has 1 aliphatic rings. The number of nitrogens with zero attached hydrogens (tertiary/aromatic N) is 1. The number of ether oxygens (including phenoxy) is 3. The third-order valence-corrected chi connectivity index (χ3v) is 5.78. The number of alkyl halides is 3. The summed E-state index contributed by atoms with van der Waals surface area (Å²) in [6, 6.07) is 10.2. The van der Waals surface area contributed by atoms with Gasteiger partial charge in [-0.1, -0.05) is 12.1 Å². The minimum absolute atomic E-state index is 0.0124. The van der Waals surface area contributed by atoms with Crippen LogP contribution in [-0.4, -0.2) is 48.0 Å². The summed E-state index contributed by atoms with van der Waals surface area (Å²) in [4.78, 5) is 27.1. The molecule has 2 amide bonds. The van der Waals surface area contributed by atoms with Crippen molar-refractivity contribution in [3.63, 3.8) is 0 Å². The molecule has 1 saturated heterocycles. The van der Waals surface area contributed by atoms with Crippen LogP contribution in [0.3, 0.4) is 0 Å². The molecule has 1 atom stereocenters. The molecule has 1 unspecified atom stereocenters. The van der Waals surface area contributed by atoms with Crippen LogP contribution >= 0.6 is 0 Å². The Morgan fingerprint density at radius 1 is 1.11 bits per heavy atom. The number of likely N-dealkylation sites (tertiary alicyclic amines) is 1. The Hall–Kier alpha value is -3.89. The number of halogens is 3. The van der Waals surface area contributed by atoms with Crippen LogP contribution in [0.25, 0.3) is 11.0 Å². The molecular formula is C27H29F3N2O6. The lowest BCUT2D eigenvalue weighted by Gasteiger charge is -2.24. The quantitative estimate of drug-likeness (QED) is 0.420. The number of carbonyl (C=O) groups excluding carboxylic acids is 2. The van der Waals surface area contributed by atoms with Gasteiger partial charge in [-0.2, -0.15) is 0 Å². The van der Waals surface area contributed by atoms with Crippen LogP contribution in [0.5, 0.6) is 11.5 Å². The number of furan rings is 1. The first-order valence-electron chi connectivity index (χ1n) is 12.1. The standard InChI is InChI=1S/C27H29F3N2O6/c1-16-23(24(33)31-18-10-11-32(14-18)25(34)38-26(2,3)4)21-13-19(8-9-22(21)36-16)35-15-17-6-5-7-20(12-17)37-27(28,29)30/h5-9,12-13,18H,10-11,14-15H2,1-4H3,(H,31,33). The second-order valence-electron chi connectivity index (χ2n) is 10.1. The SMILES string of the molecule is Cc1oc2ccc(OCc3cccc(OC(F)(F)F)c3)cc2c1C(=O)NC1CCN(C(=O)OC(C)(C)C)C1. The molecule has 8 nitrogen and oxygen atoms in total. The van der Waals surface area contributed by atoms with Crippen LogP contribution < -0.4 is 14.8 Å². The molecule has 38 heavy (non-hydrogen) atoms. The highest BCUT2D eigenvalue weighted by Gasteiger charge is 2.32. The monoisotopic (exact) mass is 534 g/mol. The second-order valence-corrected chi connectivity index (χ2v) is 10.1. The lowest BCUT2D eigenvalue weighted by molar-refractivity contribution is -0.274. The van der Waals surface area contributed by atoms with Crippen molar-refractivity contribution in [2.24, 2.45) is 0 Å². The fraction of sp³-hybridized carbons (Fsp3) is 0.407. The maximum atomic E-state index is 13.2. The Morgan fingerprint density at radius 3 is 2.58 bits per heavy atom. The highest BCUT2D eigenvalue weighted by molar-refractivity contribution is 6.07. The first-order valence-corrected chi connectivity index (χ1v) is 12.1. The zero-order valence-corrected chi connectivity index (χ0v) is 21.5. The summed E-state index contributed by atoms with van der Waals surface area (Å²) in [6.07, 6.45) is -4.62. The predicted molar refractivity (Wildman–Crippen MR) is 132 cm³/mol. The van der Waals surface area contributed by atoms with Crippen molar-refractivity contribution >= 4 is 23.0 Å². The molecule has 0 spiro atoms. The highest BCUT2D eigenvalue weighted by atomic mass is 19.4. The first kappa shape index (κ1) is 27.2. The van der Waals surface area contributed by atoms with Gasteiger partial charge in [0.05, 0.1) is 5.56 Å². The number of rotatable bonds is 6. The van der Waals surface area contributed by atoms with E-state index in [-0.39, 0.29) is 24.3 Å². The molecule has 204 valence electrons. The largest absolute Gasteiger partial charge is 0.573 e. The number of fused-ring (bicyclic) bond motifs is 1. The van der Waals surface area contributed by atoms with Gasteiger partial charge < -0.3 is 28.8 Å². The maximum absolute atomic E-state index is 13.2. The van der Waals surface area contributed by atoms with Gasteiger partial charge in [0.1, 0.15) is 35.1 Å². The molecule has 1 aromatic heterocycles. The van der Waals surface area contributed by atoms with Crippen LogP contribution in [0.4, 0.5) is 18.0 Å². The molecule has 0 bridgehead atoms. The lowest BCUT2D eigenvalue weighted by atomic mass is 10.1. The van der Waals surface area contributed by atoms with Gasteiger partial charge in [0.25, 0.3) is 5.91 Å². The summed E-state index contributed by atoms with van der Waals surface area (Å²) < 4.78 is 58.4. The normalized spacial score (nSPS) is 16.0. The van der Waals surface area contributed by atoms with E-state index in [9.17, 15) is 22.8 Å². The number of hydrogen-bond donors (Lipinski definition) is 1. The third-order valence-electron chi connectivity index (χ3n) is 5.78. The second kappa shape index (κ2) is 10.5. The molecule has 2 aromatic carbocycles. The summed E-state index contributed by atoms with van der Waals surface area (Å²) in [5.74, 6) is 0.155. The van der Waals surface area contributed by atoms with Gasteiger partial charge in [0.2, 0.25) is 0 Å². The maximum Gasteiger partial charge on any atom is 0.573 e. The summed E-state index contributed by atoms with van der Waals surface area (Å²) in [5, 5.41) is 3.50. The Kier molecular flexibility index (Phi) is 7.48. The molecule has 0 radical (unpaired) electrons. The summed E-state index contributed by atoms with van der Waals surface area (Å²) in [6.45, 7) is 7.86. The van der Waals surface area contributed by atoms with Gasteiger partial charge in [0.15, 0.2) is 0 Å². The van der Waals surface area contributed by atoms with E-state index in [1.165, 1.54) is 18.2 Å². The summed E-state index contributed by atoms with van der Waals surface area (Å²) >= 11 is 0. The van der Waals surface area contributed by atoms with E-state index in [0.717, 1.165) is 0 Å². The molecule has 11 heteroatoms. The Morgan fingerprint density at radius 2 is 1.87 bits per heavy atom. The minimum Gasteiger partial charge on any atom is -0.489 e. The lowest BCUT2D eigenvalue weighted by Crippen LogP contribution is -2.40. The van der Waals surface area contributed by atoms with Gasteiger partial charge in [0, 0.05) is 24.5 Å².